The number of ether oxygens (including phenoxy) is 1. The monoisotopic (exact) mass is 688 g/mol. The molecular formula is C40H37FN4O6. The fourth-order valence-corrected chi connectivity index (χ4v) is 5.28. The van der Waals surface area contributed by atoms with Crippen LogP contribution in [-0.2, 0) is 27.4 Å². The number of hydrogen-bond donors (Lipinski definition) is 3. The molecule has 5 aromatic carbocycles. The summed E-state index contributed by atoms with van der Waals surface area (Å²) in [5.41, 5.74) is 5.98. The number of nitrogens with one attached hydrogen (secondary N) is 1. The number of nitrogens with zero attached hydrogens (tertiary/aromatic N) is 2. The Balaban J connectivity index is 1.21. The third-order valence-electron chi connectivity index (χ3n) is 8.04. The lowest BCUT2D eigenvalue weighted by Crippen LogP contribution is -2.35. The van der Waals surface area contributed by atoms with Crippen molar-refractivity contribution in [2.75, 3.05) is 19.0 Å². The third kappa shape index (κ3) is 9.87. The van der Waals surface area contributed by atoms with Crippen LogP contribution in [0.4, 0.5) is 10.1 Å². The van der Waals surface area contributed by atoms with Gasteiger partial charge in [0.25, 0.3) is 5.91 Å². The molecule has 0 radical (unpaired) electrons. The van der Waals surface area contributed by atoms with Gasteiger partial charge in [-0.3, -0.25) is 14.4 Å². The van der Waals surface area contributed by atoms with Crippen LogP contribution in [0.15, 0.2) is 126 Å². The fourth-order valence-electron chi connectivity index (χ4n) is 5.28. The molecule has 0 aromatic heterocycles. The van der Waals surface area contributed by atoms with Crippen LogP contribution in [0.5, 0.6) is 5.75 Å². The smallest absolute Gasteiger partial charge is 0.323 e. The van der Waals surface area contributed by atoms with Gasteiger partial charge in [0.2, 0.25) is 18.1 Å². The molecule has 0 saturated carbocycles. The number of rotatable bonds is 13. The number of aliphatic carboxylic acids is 1. The molecule has 5 aromatic rings. The lowest BCUT2D eigenvalue weighted by molar-refractivity contribution is -0.137. The van der Waals surface area contributed by atoms with Crippen molar-refractivity contribution in [3.8, 4) is 16.9 Å². The molecule has 0 aliphatic rings. The fraction of sp³-hybridized carbons (Fsp3) is 0.150. The highest BCUT2D eigenvalue weighted by Gasteiger charge is 2.20. The number of halogens is 1. The number of hydrogen-bond acceptors (Lipinski definition) is 7. The van der Waals surface area contributed by atoms with E-state index in [1.807, 2.05) is 43.3 Å². The van der Waals surface area contributed by atoms with Gasteiger partial charge in [0.15, 0.2) is 0 Å². The second-order valence-corrected chi connectivity index (χ2v) is 11.8. The highest BCUT2D eigenvalue weighted by molar-refractivity contribution is 5.97. The Bertz CT molecular complexity index is 1980. The zero-order valence-corrected chi connectivity index (χ0v) is 28.1. The summed E-state index contributed by atoms with van der Waals surface area (Å²) >= 11 is 0. The standard InChI is InChI=1S/C40H37FN4O6/c1-26-3-9-29(10-4-26)30-13-15-32(16-14-30)39(51-42)44-38(41)31-11-5-28(6-12-31)24-45(25-37(47)48)40(49)33-17-19-34(20-18-33)43-36(46)23-27-7-21-35(50-2)22-8-27/h3-22,38H,23-25,42H2,1-2H3,(H,43,46)(H,47,48). The lowest BCUT2D eigenvalue weighted by Gasteiger charge is -2.21. The number of aryl methyl sites for hydroxylation is 1. The van der Waals surface area contributed by atoms with E-state index < -0.39 is 24.7 Å². The summed E-state index contributed by atoms with van der Waals surface area (Å²) < 4.78 is 20.4. The number of methoxy groups -OCH3 is 1. The number of carbonyl (C=O) groups excluding carboxylic acids is 2. The van der Waals surface area contributed by atoms with E-state index >= 15 is 4.39 Å². The van der Waals surface area contributed by atoms with Gasteiger partial charge in [-0.15, -0.1) is 0 Å². The van der Waals surface area contributed by atoms with Crippen LogP contribution in [0.1, 0.15) is 44.5 Å². The summed E-state index contributed by atoms with van der Waals surface area (Å²) in [4.78, 5) is 47.6. The highest BCUT2D eigenvalue weighted by atomic mass is 19.1. The summed E-state index contributed by atoms with van der Waals surface area (Å²) in [6, 6.07) is 34.9. The molecule has 0 aliphatic carbocycles. The van der Waals surface area contributed by atoms with E-state index in [-0.39, 0.29) is 35.9 Å². The summed E-state index contributed by atoms with van der Waals surface area (Å²) in [5.74, 6) is 4.11. The molecule has 5 rings (SSSR count). The number of carbonyl (C=O) groups is 3. The zero-order chi connectivity index (χ0) is 36.3. The van der Waals surface area contributed by atoms with Crippen molar-refractivity contribution in [1.82, 2.24) is 4.90 Å². The highest BCUT2D eigenvalue weighted by Crippen LogP contribution is 2.24. The summed E-state index contributed by atoms with van der Waals surface area (Å²) in [7, 11) is 1.57. The van der Waals surface area contributed by atoms with E-state index in [0.29, 0.717) is 22.6 Å². The Kier molecular flexibility index (Phi) is 11.9. The molecule has 260 valence electrons. The molecule has 1 atom stereocenters. The van der Waals surface area contributed by atoms with E-state index in [1.165, 1.54) is 29.2 Å². The number of anilines is 1. The first-order valence-corrected chi connectivity index (χ1v) is 16.0. The molecule has 0 spiro atoms. The number of carboxylic acids is 1. The van der Waals surface area contributed by atoms with Crippen molar-refractivity contribution in [2.24, 2.45) is 10.9 Å². The molecule has 51 heavy (non-hydrogen) atoms. The van der Waals surface area contributed by atoms with E-state index in [0.717, 1.165) is 22.3 Å². The van der Waals surface area contributed by atoms with Crippen LogP contribution in [-0.4, -0.2) is 47.3 Å². The molecule has 4 N–H and O–H groups in total. The first-order valence-electron chi connectivity index (χ1n) is 16.0. The van der Waals surface area contributed by atoms with Crippen molar-refractivity contribution in [3.05, 3.63) is 155 Å². The topological polar surface area (TPSA) is 144 Å². The number of alkyl halides is 1. The van der Waals surface area contributed by atoms with E-state index in [9.17, 15) is 19.5 Å². The van der Waals surface area contributed by atoms with Gasteiger partial charge in [-0.1, -0.05) is 78.4 Å². The van der Waals surface area contributed by atoms with Crippen LogP contribution in [0.25, 0.3) is 11.1 Å². The summed E-state index contributed by atoms with van der Waals surface area (Å²) in [5, 5.41) is 12.3. The van der Waals surface area contributed by atoms with Crippen LogP contribution < -0.4 is 16.0 Å². The number of amides is 2. The van der Waals surface area contributed by atoms with Gasteiger partial charge in [0, 0.05) is 28.9 Å². The number of carboxylic acid groups (broad SMARTS) is 1. The maximum absolute atomic E-state index is 15.3. The van der Waals surface area contributed by atoms with E-state index in [4.69, 9.17) is 15.5 Å². The number of aliphatic imine (C=N–C) groups is 1. The van der Waals surface area contributed by atoms with Crippen LogP contribution in [0.2, 0.25) is 0 Å². The Morgan fingerprint density at radius 3 is 1.94 bits per heavy atom. The minimum absolute atomic E-state index is 0.0452. The first kappa shape index (κ1) is 36.0. The molecule has 2 amide bonds. The van der Waals surface area contributed by atoms with Crippen molar-refractivity contribution >= 4 is 29.4 Å². The van der Waals surface area contributed by atoms with E-state index in [2.05, 4.69) is 10.3 Å². The minimum Gasteiger partial charge on any atom is -0.497 e. The SMILES string of the molecule is COc1ccc(CC(=O)Nc2ccc(C(=O)N(CC(=O)O)Cc3ccc(C(F)N=C(ON)c4ccc(-c5ccc(C)cc5)cc4)cc3)cc2)cc1. The predicted octanol–water partition coefficient (Wildman–Crippen LogP) is 6.88. The Morgan fingerprint density at radius 2 is 1.37 bits per heavy atom. The maximum atomic E-state index is 15.3. The molecule has 1 unspecified atom stereocenters. The minimum atomic E-state index is -1.80. The van der Waals surface area contributed by atoms with Gasteiger partial charge in [-0.05, 0) is 77.7 Å². The van der Waals surface area contributed by atoms with Crippen molar-refractivity contribution < 1.29 is 33.5 Å². The third-order valence-corrected chi connectivity index (χ3v) is 8.04. The quantitative estimate of drug-likeness (QED) is 0.0529. The number of nitrogens with two attached hydrogens (primary N) is 1. The van der Waals surface area contributed by atoms with Crippen LogP contribution >= 0.6 is 0 Å². The summed E-state index contributed by atoms with van der Waals surface area (Å²) in [6.45, 7) is 1.41. The Hall–Kier alpha value is -6.33. The largest absolute Gasteiger partial charge is 0.497 e. The normalized spacial score (nSPS) is 11.7. The van der Waals surface area contributed by atoms with Crippen molar-refractivity contribution in [3.63, 3.8) is 0 Å². The first-order chi connectivity index (χ1) is 24.6. The molecule has 11 heteroatoms. The zero-order valence-electron chi connectivity index (χ0n) is 28.1. The van der Waals surface area contributed by atoms with Crippen molar-refractivity contribution in [2.45, 2.75) is 26.2 Å². The average molecular weight is 689 g/mol. The van der Waals surface area contributed by atoms with Crippen LogP contribution in [0, 0.1) is 6.92 Å². The maximum Gasteiger partial charge on any atom is 0.323 e. The van der Waals surface area contributed by atoms with Crippen LogP contribution in [0.3, 0.4) is 0 Å². The Morgan fingerprint density at radius 1 is 0.804 bits per heavy atom. The molecule has 0 aliphatic heterocycles. The molecular weight excluding hydrogens is 651 g/mol. The predicted molar refractivity (Wildman–Crippen MR) is 193 cm³/mol. The molecule has 0 fully saturated rings. The summed E-state index contributed by atoms with van der Waals surface area (Å²) in [6.07, 6.45) is -1.66. The van der Waals surface area contributed by atoms with Gasteiger partial charge in [-0.2, -0.15) is 5.90 Å². The molecule has 0 saturated heterocycles. The average Bonchev–Trinajstić information content (AvgIpc) is 3.14. The van der Waals surface area contributed by atoms with Gasteiger partial charge < -0.3 is 24.9 Å². The molecule has 0 bridgehead atoms. The second-order valence-electron chi connectivity index (χ2n) is 11.8. The second kappa shape index (κ2) is 16.9. The van der Waals surface area contributed by atoms with E-state index in [1.54, 1.807) is 67.8 Å². The van der Waals surface area contributed by atoms with Gasteiger partial charge in [-0.25, -0.2) is 9.38 Å². The Labute approximate surface area is 294 Å². The molecule has 0 heterocycles. The van der Waals surface area contributed by atoms with Crippen molar-refractivity contribution in [1.29, 1.82) is 0 Å². The number of benzene rings is 5. The van der Waals surface area contributed by atoms with Gasteiger partial charge in [0.05, 0.1) is 13.5 Å². The molecule has 10 nitrogen and oxygen atoms in total. The van der Waals surface area contributed by atoms with Gasteiger partial charge in [0.1, 0.15) is 12.3 Å². The van der Waals surface area contributed by atoms with Gasteiger partial charge >= 0.3 is 5.97 Å². The lowest BCUT2D eigenvalue weighted by atomic mass is 10.0.